The Kier molecular flexibility index (Phi) is 2.83. The molecule has 0 fully saturated rings. The topological polar surface area (TPSA) is 53.1 Å². The summed E-state index contributed by atoms with van der Waals surface area (Å²) in [6, 6.07) is 6.24. The normalized spacial score (nSPS) is 13.2. The lowest BCUT2D eigenvalue weighted by Crippen LogP contribution is -2.13. The van der Waals surface area contributed by atoms with Gasteiger partial charge in [-0.05, 0) is 25.5 Å². The van der Waals surface area contributed by atoms with Gasteiger partial charge in [0, 0.05) is 7.11 Å². The lowest BCUT2D eigenvalue weighted by molar-refractivity contribution is 0.164. The van der Waals surface area contributed by atoms with Crippen LogP contribution < -0.4 is 5.73 Å². The van der Waals surface area contributed by atoms with Crippen LogP contribution in [0, 0.1) is 6.92 Å². The van der Waals surface area contributed by atoms with Crippen LogP contribution >= 0.6 is 0 Å². The fourth-order valence-electron chi connectivity index (χ4n) is 2.10. The molecule has 0 radical (unpaired) electrons. The molecule has 2 N–H and O–H groups in total. The number of rotatable bonds is 3. The molecule has 1 heterocycles. The molecule has 0 bridgehead atoms. The molecule has 4 heteroatoms. The van der Waals surface area contributed by atoms with Gasteiger partial charge in [-0.15, -0.1) is 0 Å². The van der Waals surface area contributed by atoms with E-state index in [4.69, 9.17) is 10.5 Å². The number of imidazole rings is 1. The third-order valence-corrected chi connectivity index (χ3v) is 2.79. The van der Waals surface area contributed by atoms with E-state index < -0.39 is 0 Å². The van der Waals surface area contributed by atoms with E-state index in [0.717, 1.165) is 11.0 Å². The highest BCUT2D eigenvalue weighted by Gasteiger charge is 2.14. The third kappa shape index (κ3) is 1.65. The number of fused-ring (bicyclic) bond motifs is 1. The summed E-state index contributed by atoms with van der Waals surface area (Å²) < 4.78 is 7.20. The first-order chi connectivity index (χ1) is 7.65. The first kappa shape index (κ1) is 11.0. The van der Waals surface area contributed by atoms with Gasteiger partial charge in [0.25, 0.3) is 0 Å². The van der Waals surface area contributed by atoms with Crippen molar-refractivity contribution in [2.75, 3.05) is 19.5 Å². The minimum atomic E-state index is 0.191. The van der Waals surface area contributed by atoms with Gasteiger partial charge in [-0.3, -0.25) is 0 Å². The maximum absolute atomic E-state index is 5.95. The summed E-state index contributed by atoms with van der Waals surface area (Å²) in [5.74, 6) is 0.550. The molecule has 0 aliphatic carbocycles. The number of nitrogen functional groups attached to an aromatic ring is 1. The first-order valence-corrected chi connectivity index (χ1v) is 5.37. The highest BCUT2D eigenvalue weighted by Crippen LogP contribution is 2.25. The maximum Gasteiger partial charge on any atom is 0.201 e. The number of ether oxygens (including phenoxy) is 1. The van der Waals surface area contributed by atoms with Crippen molar-refractivity contribution in [3.05, 3.63) is 23.8 Å². The Morgan fingerprint density at radius 2 is 2.25 bits per heavy atom. The van der Waals surface area contributed by atoms with Crippen LogP contribution in [0.25, 0.3) is 11.0 Å². The Balaban J connectivity index is 2.63. The SMILES string of the molecule is COCC(C)n1c(N)nc2cccc(C)c21. The Labute approximate surface area is 95.0 Å². The largest absolute Gasteiger partial charge is 0.383 e. The van der Waals surface area contributed by atoms with Crippen molar-refractivity contribution < 1.29 is 4.74 Å². The fourth-order valence-corrected chi connectivity index (χ4v) is 2.10. The number of aromatic nitrogens is 2. The van der Waals surface area contributed by atoms with Crippen molar-refractivity contribution >= 4 is 17.0 Å². The number of aryl methyl sites for hydroxylation is 1. The Morgan fingerprint density at radius 3 is 2.94 bits per heavy atom. The second kappa shape index (κ2) is 4.14. The molecule has 2 rings (SSSR count). The molecule has 1 atom stereocenters. The second-order valence-corrected chi connectivity index (χ2v) is 4.09. The zero-order valence-electron chi connectivity index (χ0n) is 9.90. The Morgan fingerprint density at radius 1 is 1.50 bits per heavy atom. The average molecular weight is 219 g/mol. The number of para-hydroxylation sites is 1. The average Bonchev–Trinajstić information content (AvgIpc) is 2.56. The van der Waals surface area contributed by atoms with Gasteiger partial charge in [-0.2, -0.15) is 0 Å². The van der Waals surface area contributed by atoms with Crippen LogP contribution in [0.15, 0.2) is 18.2 Å². The van der Waals surface area contributed by atoms with Gasteiger partial charge in [0.1, 0.15) is 0 Å². The molecule has 0 saturated heterocycles. The molecule has 2 aromatic rings. The van der Waals surface area contributed by atoms with Crippen molar-refractivity contribution in [2.24, 2.45) is 0 Å². The van der Waals surface area contributed by atoms with Gasteiger partial charge >= 0.3 is 0 Å². The highest BCUT2D eigenvalue weighted by atomic mass is 16.5. The van der Waals surface area contributed by atoms with Crippen molar-refractivity contribution in [1.29, 1.82) is 0 Å². The van der Waals surface area contributed by atoms with E-state index in [-0.39, 0.29) is 6.04 Å². The van der Waals surface area contributed by atoms with Crippen molar-refractivity contribution in [3.8, 4) is 0 Å². The van der Waals surface area contributed by atoms with E-state index in [2.05, 4.69) is 24.9 Å². The van der Waals surface area contributed by atoms with Crippen LogP contribution in [0.3, 0.4) is 0 Å². The summed E-state index contributed by atoms with van der Waals surface area (Å²) in [4.78, 5) is 4.36. The van der Waals surface area contributed by atoms with Crippen molar-refractivity contribution in [3.63, 3.8) is 0 Å². The first-order valence-electron chi connectivity index (χ1n) is 5.37. The van der Waals surface area contributed by atoms with Gasteiger partial charge in [0.2, 0.25) is 5.95 Å². The van der Waals surface area contributed by atoms with Crippen LogP contribution in [-0.2, 0) is 4.74 Å². The summed E-state index contributed by atoms with van der Waals surface area (Å²) in [6.45, 7) is 4.77. The summed E-state index contributed by atoms with van der Waals surface area (Å²) >= 11 is 0. The van der Waals surface area contributed by atoms with E-state index in [1.807, 2.05) is 16.7 Å². The minimum Gasteiger partial charge on any atom is -0.383 e. The molecule has 16 heavy (non-hydrogen) atoms. The predicted molar refractivity (Wildman–Crippen MR) is 65.5 cm³/mol. The van der Waals surface area contributed by atoms with E-state index in [9.17, 15) is 0 Å². The predicted octanol–water partition coefficient (Wildman–Crippen LogP) is 2.13. The number of anilines is 1. The zero-order valence-corrected chi connectivity index (χ0v) is 9.90. The molecule has 1 unspecified atom stereocenters. The lowest BCUT2D eigenvalue weighted by atomic mass is 10.2. The molecular weight excluding hydrogens is 202 g/mol. The van der Waals surface area contributed by atoms with Crippen LogP contribution in [0.2, 0.25) is 0 Å². The lowest BCUT2D eigenvalue weighted by Gasteiger charge is -2.15. The van der Waals surface area contributed by atoms with Gasteiger partial charge in [-0.1, -0.05) is 12.1 Å². The summed E-state index contributed by atoms with van der Waals surface area (Å²) in [6.07, 6.45) is 0. The smallest absolute Gasteiger partial charge is 0.201 e. The molecule has 0 amide bonds. The molecule has 1 aromatic carbocycles. The molecule has 1 aromatic heterocycles. The van der Waals surface area contributed by atoms with E-state index in [1.54, 1.807) is 7.11 Å². The number of hydrogen-bond donors (Lipinski definition) is 1. The monoisotopic (exact) mass is 219 g/mol. The molecule has 4 nitrogen and oxygen atoms in total. The second-order valence-electron chi connectivity index (χ2n) is 4.09. The van der Waals surface area contributed by atoms with Crippen molar-refractivity contribution in [1.82, 2.24) is 9.55 Å². The van der Waals surface area contributed by atoms with E-state index in [0.29, 0.717) is 12.6 Å². The number of hydrogen-bond acceptors (Lipinski definition) is 3. The standard InChI is InChI=1S/C12H17N3O/c1-8-5-4-6-10-11(8)15(12(13)14-10)9(2)7-16-3/h4-6,9H,7H2,1-3H3,(H2,13,14). The van der Waals surface area contributed by atoms with Gasteiger partial charge in [0.15, 0.2) is 0 Å². The minimum absolute atomic E-state index is 0.191. The zero-order chi connectivity index (χ0) is 11.7. The number of nitrogens with two attached hydrogens (primary N) is 1. The number of methoxy groups -OCH3 is 1. The molecule has 0 saturated carbocycles. The molecule has 0 spiro atoms. The number of nitrogens with zero attached hydrogens (tertiary/aromatic N) is 2. The fraction of sp³-hybridized carbons (Fsp3) is 0.417. The quantitative estimate of drug-likeness (QED) is 0.860. The summed E-state index contributed by atoms with van der Waals surface area (Å²) in [5.41, 5.74) is 9.18. The molecule has 86 valence electrons. The van der Waals surface area contributed by atoms with Gasteiger partial charge in [0.05, 0.1) is 23.7 Å². The highest BCUT2D eigenvalue weighted by molar-refractivity contribution is 5.81. The van der Waals surface area contributed by atoms with Gasteiger partial charge < -0.3 is 15.0 Å². The van der Waals surface area contributed by atoms with Crippen LogP contribution in [0.1, 0.15) is 18.5 Å². The Hall–Kier alpha value is -1.55. The van der Waals surface area contributed by atoms with E-state index in [1.165, 1.54) is 5.56 Å². The van der Waals surface area contributed by atoms with Crippen LogP contribution in [0.5, 0.6) is 0 Å². The molecule has 0 aliphatic heterocycles. The van der Waals surface area contributed by atoms with Crippen LogP contribution in [0.4, 0.5) is 5.95 Å². The van der Waals surface area contributed by atoms with Gasteiger partial charge in [-0.25, -0.2) is 4.98 Å². The maximum atomic E-state index is 5.95. The molecular formula is C12H17N3O. The van der Waals surface area contributed by atoms with Crippen molar-refractivity contribution in [2.45, 2.75) is 19.9 Å². The number of benzene rings is 1. The Bertz CT molecular complexity index is 504. The summed E-state index contributed by atoms with van der Waals surface area (Å²) in [5, 5.41) is 0. The summed E-state index contributed by atoms with van der Waals surface area (Å²) in [7, 11) is 1.69. The van der Waals surface area contributed by atoms with Crippen LogP contribution in [-0.4, -0.2) is 23.3 Å². The van der Waals surface area contributed by atoms with E-state index >= 15 is 0 Å². The third-order valence-electron chi connectivity index (χ3n) is 2.79. The molecule has 0 aliphatic rings.